The summed E-state index contributed by atoms with van der Waals surface area (Å²) in [5, 5.41) is 1.82. The molecule has 3 atom stereocenters. The van der Waals surface area contributed by atoms with Gasteiger partial charge < -0.3 is 4.90 Å². The number of hydrogen-bond acceptors (Lipinski definition) is 5. The fourth-order valence-electron chi connectivity index (χ4n) is 6.55. The first-order valence-electron chi connectivity index (χ1n) is 12.1. The highest BCUT2D eigenvalue weighted by molar-refractivity contribution is 7.12. The third-order valence-electron chi connectivity index (χ3n) is 7.99. The number of carbonyl (C=O) groups is 3. The van der Waals surface area contributed by atoms with Crippen molar-refractivity contribution in [2.24, 2.45) is 5.41 Å². The molecule has 2 aliphatic heterocycles. The summed E-state index contributed by atoms with van der Waals surface area (Å²) in [6, 6.07) is 22.4. The van der Waals surface area contributed by atoms with E-state index in [-0.39, 0.29) is 22.9 Å². The van der Waals surface area contributed by atoms with E-state index < -0.39 is 29.2 Å². The van der Waals surface area contributed by atoms with Gasteiger partial charge in [0.2, 0.25) is 0 Å². The van der Waals surface area contributed by atoms with Crippen molar-refractivity contribution in [3.63, 3.8) is 0 Å². The molecule has 6 heteroatoms. The molecular formula is C31H20FNO3S. The summed E-state index contributed by atoms with van der Waals surface area (Å²) >= 11 is 1.30. The lowest BCUT2D eigenvalue weighted by molar-refractivity contribution is 0.0664. The number of nitrogens with zero attached hydrogens (tertiary/aromatic N) is 1. The minimum Gasteiger partial charge on any atom is -0.352 e. The van der Waals surface area contributed by atoms with Gasteiger partial charge in [0.05, 0.1) is 10.9 Å². The standard InChI is InChI=1S/C31H20FNO3S/c32-22-12-5-4-11-21(22)26-27(28(34)24-14-7-17-37-24)33-23-13-6-1-8-18(23)15-16-25(33)31(26)29(35)19-9-2-3-10-20(19)30(31)36/h1-17,25-27H/t25-,26+,27-/m1/s1. The quantitative estimate of drug-likeness (QED) is 0.246. The highest BCUT2D eigenvalue weighted by Gasteiger charge is 2.71. The maximum Gasteiger partial charge on any atom is 0.195 e. The van der Waals surface area contributed by atoms with Crippen LogP contribution in [0, 0.1) is 11.2 Å². The Bertz CT molecular complexity index is 1600. The van der Waals surface area contributed by atoms with Gasteiger partial charge in [0.25, 0.3) is 0 Å². The number of thiophene rings is 1. The highest BCUT2D eigenvalue weighted by Crippen LogP contribution is 2.61. The lowest BCUT2D eigenvalue weighted by Crippen LogP contribution is -2.48. The zero-order valence-corrected chi connectivity index (χ0v) is 20.3. The third-order valence-corrected chi connectivity index (χ3v) is 8.87. The average Bonchev–Trinajstić information content (AvgIpc) is 3.62. The Morgan fingerprint density at radius 2 is 1.51 bits per heavy atom. The number of hydrogen-bond donors (Lipinski definition) is 0. The fraction of sp³-hybridized carbons (Fsp3) is 0.129. The smallest absolute Gasteiger partial charge is 0.195 e. The zero-order valence-electron chi connectivity index (χ0n) is 19.5. The monoisotopic (exact) mass is 505 g/mol. The molecule has 0 amide bonds. The van der Waals surface area contributed by atoms with Gasteiger partial charge in [-0.3, -0.25) is 14.4 Å². The van der Waals surface area contributed by atoms with Gasteiger partial charge in [0, 0.05) is 22.7 Å². The number of ketones is 3. The van der Waals surface area contributed by atoms with Gasteiger partial charge in [-0.2, -0.15) is 0 Å². The normalized spacial score (nSPS) is 22.7. The molecule has 7 rings (SSSR count). The Labute approximate surface area is 216 Å². The lowest BCUT2D eigenvalue weighted by Gasteiger charge is -2.37. The molecule has 1 saturated heterocycles. The number of halogens is 1. The Balaban J connectivity index is 1.58. The van der Waals surface area contributed by atoms with Crippen LogP contribution in [0.4, 0.5) is 10.1 Å². The van der Waals surface area contributed by atoms with Crippen LogP contribution in [0.1, 0.15) is 47.4 Å². The van der Waals surface area contributed by atoms with Gasteiger partial charge in [0.1, 0.15) is 17.3 Å². The van der Waals surface area contributed by atoms with Gasteiger partial charge in [-0.15, -0.1) is 11.3 Å². The average molecular weight is 506 g/mol. The van der Waals surface area contributed by atoms with Crippen LogP contribution in [-0.4, -0.2) is 29.4 Å². The maximum absolute atomic E-state index is 15.6. The topological polar surface area (TPSA) is 54.5 Å². The first-order valence-corrected chi connectivity index (χ1v) is 13.0. The Morgan fingerprint density at radius 1 is 0.838 bits per heavy atom. The Hall–Kier alpha value is -4.16. The second-order valence-electron chi connectivity index (χ2n) is 9.63. The van der Waals surface area contributed by atoms with E-state index in [1.165, 1.54) is 17.4 Å². The zero-order chi connectivity index (χ0) is 25.3. The number of benzene rings is 3. The van der Waals surface area contributed by atoms with Crippen LogP contribution in [0.2, 0.25) is 0 Å². The van der Waals surface area contributed by atoms with Gasteiger partial charge in [-0.1, -0.05) is 78.9 Å². The van der Waals surface area contributed by atoms with E-state index >= 15 is 4.39 Å². The van der Waals surface area contributed by atoms with E-state index in [9.17, 15) is 14.4 Å². The minimum absolute atomic E-state index is 0.201. The molecule has 4 nitrogen and oxygen atoms in total. The summed E-state index contributed by atoms with van der Waals surface area (Å²) in [4.78, 5) is 45.6. The molecule has 1 spiro atoms. The van der Waals surface area contributed by atoms with Crippen molar-refractivity contribution >= 4 is 40.4 Å². The largest absolute Gasteiger partial charge is 0.352 e. The summed E-state index contributed by atoms with van der Waals surface area (Å²) in [7, 11) is 0. The van der Waals surface area contributed by atoms with Gasteiger partial charge in [-0.05, 0) is 34.7 Å². The maximum atomic E-state index is 15.6. The van der Waals surface area contributed by atoms with Crippen molar-refractivity contribution in [1.82, 2.24) is 0 Å². The number of Topliss-reactive ketones (excluding diaryl/α,β-unsaturated/α-hetero) is 3. The van der Waals surface area contributed by atoms with Gasteiger partial charge in [-0.25, -0.2) is 4.39 Å². The predicted molar refractivity (Wildman–Crippen MR) is 141 cm³/mol. The van der Waals surface area contributed by atoms with E-state index in [0.717, 1.165) is 11.3 Å². The number of anilines is 1. The predicted octanol–water partition coefficient (Wildman–Crippen LogP) is 6.20. The summed E-state index contributed by atoms with van der Waals surface area (Å²) in [6.07, 6.45) is 3.75. The molecule has 4 aromatic rings. The highest BCUT2D eigenvalue weighted by atomic mass is 32.1. The molecule has 37 heavy (non-hydrogen) atoms. The Kier molecular flexibility index (Phi) is 4.72. The SMILES string of the molecule is O=C(c1cccs1)[C@H]1[C@H](c2ccccc2F)C2(C(=O)c3ccccc3C2=O)[C@H]2C=Cc3ccccc3N12. The first-order chi connectivity index (χ1) is 18.0. The number of carbonyl (C=O) groups excluding carboxylic acids is 3. The molecule has 0 unspecified atom stereocenters. The lowest BCUT2D eigenvalue weighted by atomic mass is 9.64. The number of rotatable bonds is 3. The van der Waals surface area contributed by atoms with E-state index in [0.29, 0.717) is 16.0 Å². The van der Waals surface area contributed by atoms with Crippen molar-refractivity contribution in [2.45, 2.75) is 18.0 Å². The van der Waals surface area contributed by atoms with Crippen molar-refractivity contribution in [3.8, 4) is 0 Å². The molecule has 1 aliphatic carbocycles. The van der Waals surface area contributed by atoms with E-state index in [2.05, 4.69) is 0 Å². The summed E-state index contributed by atoms with van der Waals surface area (Å²) in [5.74, 6) is -2.52. The van der Waals surface area contributed by atoms with Crippen LogP contribution < -0.4 is 4.90 Å². The van der Waals surface area contributed by atoms with Crippen molar-refractivity contribution < 1.29 is 18.8 Å². The molecule has 3 aromatic carbocycles. The summed E-state index contributed by atoms with van der Waals surface area (Å²) in [6.45, 7) is 0. The molecule has 3 aliphatic rings. The molecule has 180 valence electrons. The summed E-state index contributed by atoms with van der Waals surface area (Å²) < 4.78 is 15.6. The number of para-hydroxylation sites is 1. The van der Waals surface area contributed by atoms with Gasteiger partial charge >= 0.3 is 0 Å². The molecule has 0 N–H and O–H groups in total. The van der Waals surface area contributed by atoms with Crippen LogP contribution in [0.25, 0.3) is 6.08 Å². The second-order valence-corrected chi connectivity index (χ2v) is 10.6. The molecule has 0 bridgehead atoms. The Morgan fingerprint density at radius 3 is 2.22 bits per heavy atom. The molecule has 3 heterocycles. The van der Waals surface area contributed by atoms with Crippen LogP contribution in [0.15, 0.2) is 96.4 Å². The molecule has 1 aromatic heterocycles. The molecule has 1 fully saturated rings. The molecule has 0 radical (unpaired) electrons. The van der Waals surface area contributed by atoms with Crippen molar-refractivity contribution in [1.29, 1.82) is 0 Å². The molecular weight excluding hydrogens is 485 g/mol. The van der Waals surface area contributed by atoms with Crippen molar-refractivity contribution in [2.75, 3.05) is 4.90 Å². The van der Waals surface area contributed by atoms with Crippen LogP contribution in [0.5, 0.6) is 0 Å². The van der Waals surface area contributed by atoms with E-state index in [4.69, 9.17) is 0 Å². The summed E-state index contributed by atoms with van der Waals surface area (Å²) in [5.41, 5.74) is 0.790. The number of fused-ring (bicyclic) bond motifs is 5. The van der Waals surface area contributed by atoms with Crippen LogP contribution >= 0.6 is 11.3 Å². The van der Waals surface area contributed by atoms with Gasteiger partial charge in [0.15, 0.2) is 17.3 Å². The van der Waals surface area contributed by atoms with Crippen LogP contribution in [-0.2, 0) is 0 Å². The van der Waals surface area contributed by atoms with Crippen molar-refractivity contribution in [3.05, 3.63) is 129 Å². The third kappa shape index (κ3) is 2.79. The van der Waals surface area contributed by atoms with E-state index in [1.807, 2.05) is 46.7 Å². The minimum atomic E-state index is -1.69. The second kappa shape index (κ2) is 7.92. The van der Waals surface area contributed by atoms with E-state index in [1.54, 1.807) is 54.6 Å². The fourth-order valence-corrected chi connectivity index (χ4v) is 7.25. The van der Waals surface area contributed by atoms with Crippen LogP contribution in [0.3, 0.4) is 0 Å². The first kappa shape index (κ1) is 22.1. The molecule has 0 saturated carbocycles.